The molecule has 0 aliphatic heterocycles. The van der Waals surface area contributed by atoms with Gasteiger partial charge in [-0.1, -0.05) is 18.5 Å². The van der Waals surface area contributed by atoms with E-state index in [1.807, 2.05) is 0 Å². The third-order valence-electron chi connectivity index (χ3n) is 3.88. The van der Waals surface area contributed by atoms with Crippen LogP contribution in [0.2, 0.25) is 5.15 Å². The normalized spacial score (nSPS) is 12.3. The summed E-state index contributed by atoms with van der Waals surface area (Å²) in [5.74, 6) is -0.231. The molecule has 0 bridgehead atoms. The minimum absolute atomic E-state index is 0.0429. The van der Waals surface area contributed by atoms with Gasteiger partial charge in [-0.2, -0.15) is 13.2 Å². The van der Waals surface area contributed by atoms with E-state index >= 15 is 0 Å². The van der Waals surface area contributed by atoms with Crippen molar-refractivity contribution in [2.24, 2.45) is 0 Å². The van der Waals surface area contributed by atoms with Gasteiger partial charge in [0, 0.05) is 12.3 Å². The zero-order valence-electron chi connectivity index (χ0n) is 14.2. The van der Waals surface area contributed by atoms with E-state index in [0.29, 0.717) is 6.07 Å². The highest BCUT2D eigenvalue weighted by atomic mass is 35.5. The molecule has 0 radical (unpaired) electrons. The maximum absolute atomic E-state index is 12.9. The second kappa shape index (κ2) is 7.06. The number of halogens is 4. The number of benzene rings is 1. The van der Waals surface area contributed by atoms with Crippen molar-refractivity contribution in [1.29, 1.82) is 0 Å². The zero-order valence-corrected chi connectivity index (χ0v) is 15.7. The largest absolute Gasteiger partial charge is 0.416 e. The van der Waals surface area contributed by atoms with Crippen LogP contribution in [0.25, 0.3) is 10.9 Å². The molecule has 2 heterocycles. The number of nitrogens with zero attached hydrogens (tertiary/aromatic N) is 3. The lowest BCUT2D eigenvalue weighted by molar-refractivity contribution is -0.137. The Morgan fingerprint density at radius 3 is 2.57 bits per heavy atom. The number of anilines is 1. The maximum Gasteiger partial charge on any atom is 0.416 e. The Morgan fingerprint density at radius 2 is 1.93 bits per heavy atom. The lowest BCUT2D eigenvalue weighted by Crippen LogP contribution is -2.27. The van der Waals surface area contributed by atoms with E-state index < -0.39 is 27.1 Å². The average molecular weight is 433 g/mol. The van der Waals surface area contributed by atoms with Crippen LogP contribution in [-0.4, -0.2) is 28.8 Å². The molecule has 0 saturated heterocycles. The number of nitrogens with one attached hydrogen (secondary N) is 1. The first-order valence-electron chi connectivity index (χ1n) is 7.77. The third-order valence-corrected chi connectivity index (χ3v) is 5.84. The van der Waals surface area contributed by atoms with Gasteiger partial charge in [-0.25, -0.2) is 23.1 Å². The summed E-state index contributed by atoms with van der Waals surface area (Å²) >= 11 is 5.81. The Hall–Kier alpha value is -2.66. The number of hydrogen-bond donors (Lipinski definition) is 1. The first kappa shape index (κ1) is 20.1. The number of rotatable bonds is 4. The molecule has 148 valence electrons. The van der Waals surface area contributed by atoms with Gasteiger partial charge < -0.3 is 0 Å². The van der Waals surface area contributed by atoms with Gasteiger partial charge in [0.25, 0.3) is 5.56 Å². The van der Waals surface area contributed by atoms with Crippen LogP contribution in [0.4, 0.5) is 18.9 Å². The van der Waals surface area contributed by atoms with Gasteiger partial charge in [-0.05, 0) is 18.2 Å². The summed E-state index contributed by atoms with van der Waals surface area (Å²) < 4.78 is 64.0. The van der Waals surface area contributed by atoms with Crippen LogP contribution in [0.3, 0.4) is 0 Å². The van der Waals surface area contributed by atoms with E-state index in [-0.39, 0.29) is 32.4 Å². The maximum atomic E-state index is 12.9. The molecular formula is C16H12ClF3N4O3S. The molecule has 3 aromatic rings. The van der Waals surface area contributed by atoms with E-state index in [4.69, 9.17) is 11.6 Å². The summed E-state index contributed by atoms with van der Waals surface area (Å²) in [5.41, 5.74) is 0.686. The number of pyridine rings is 1. The van der Waals surface area contributed by atoms with Crippen molar-refractivity contribution in [3.8, 4) is 0 Å². The first-order valence-corrected chi connectivity index (χ1v) is 9.80. The van der Waals surface area contributed by atoms with Crippen LogP contribution >= 0.6 is 11.6 Å². The van der Waals surface area contributed by atoms with Crippen molar-refractivity contribution < 1.29 is 21.6 Å². The van der Waals surface area contributed by atoms with Crippen molar-refractivity contribution in [3.05, 3.63) is 57.9 Å². The summed E-state index contributed by atoms with van der Waals surface area (Å²) in [4.78, 5) is 20.1. The number of sulfone groups is 1. The molecule has 2 aromatic heterocycles. The van der Waals surface area contributed by atoms with Gasteiger partial charge in [0.15, 0.2) is 9.84 Å². The van der Waals surface area contributed by atoms with Gasteiger partial charge in [0.1, 0.15) is 16.4 Å². The van der Waals surface area contributed by atoms with Crippen LogP contribution in [0.5, 0.6) is 0 Å². The zero-order chi connectivity index (χ0) is 20.7. The summed E-state index contributed by atoms with van der Waals surface area (Å²) in [6.07, 6.45) is -2.56. The predicted molar refractivity (Wildman–Crippen MR) is 97.0 cm³/mol. The molecule has 0 amide bonds. The van der Waals surface area contributed by atoms with Gasteiger partial charge in [0.2, 0.25) is 0 Å². The van der Waals surface area contributed by atoms with Crippen LogP contribution in [0, 0.1) is 0 Å². The fourth-order valence-corrected chi connectivity index (χ4v) is 3.54. The SMILES string of the molecule is CCS(=O)(=O)c1cnc(Cl)cc1Nn1cnc2ccc(C(F)(F)F)cc2c1=O. The second-order valence-corrected chi connectivity index (χ2v) is 8.30. The topological polar surface area (TPSA) is 93.9 Å². The van der Waals surface area contributed by atoms with Crippen LogP contribution < -0.4 is 11.0 Å². The van der Waals surface area contributed by atoms with E-state index in [2.05, 4.69) is 15.4 Å². The quantitative estimate of drug-likeness (QED) is 0.636. The molecule has 12 heteroatoms. The van der Waals surface area contributed by atoms with E-state index in [1.54, 1.807) is 0 Å². The molecule has 0 spiro atoms. The highest BCUT2D eigenvalue weighted by molar-refractivity contribution is 7.91. The molecule has 0 aliphatic rings. The first-order chi connectivity index (χ1) is 13.0. The number of hydrogen-bond acceptors (Lipinski definition) is 6. The Labute approximate surface area is 161 Å². The number of aromatic nitrogens is 3. The molecule has 1 N–H and O–H groups in total. The molecule has 3 rings (SSSR count). The molecule has 1 aromatic carbocycles. The predicted octanol–water partition coefficient (Wildman–Crippen LogP) is 3.13. The summed E-state index contributed by atoms with van der Waals surface area (Å²) in [7, 11) is -3.72. The van der Waals surface area contributed by atoms with Crippen LogP contribution in [-0.2, 0) is 16.0 Å². The molecular weight excluding hydrogens is 421 g/mol. The van der Waals surface area contributed by atoms with Crippen LogP contribution in [0.15, 0.2) is 46.5 Å². The minimum Gasteiger partial charge on any atom is -0.289 e. The fourth-order valence-electron chi connectivity index (χ4n) is 2.42. The Kier molecular flexibility index (Phi) is 5.06. The lowest BCUT2D eigenvalue weighted by atomic mass is 10.1. The molecule has 0 aliphatic carbocycles. The highest BCUT2D eigenvalue weighted by Crippen LogP contribution is 2.30. The van der Waals surface area contributed by atoms with Gasteiger partial charge in [0.05, 0.1) is 27.9 Å². The van der Waals surface area contributed by atoms with Crippen molar-refractivity contribution in [3.63, 3.8) is 0 Å². The second-order valence-electron chi connectivity index (χ2n) is 5.67. The third kappa shape index (κ3) is 3.80. The Balaban J connectivity index is 2.15. The number of fused-ring (bicyclic) bond motifs is 1. The van der Waals surface area contributed by atoms with Gasteiger partial charge in [-0.15, -0.1) is 0 Å². The smallest absolute Gasteiger partial charge is 0.289 e. The van der Waals surface area contributed by atoms with E-state index in [9.17, 15) is 26.4 Å². The number of alkyl halides is 3. The summed E-state index contributed by atoms with van der Waals surface area (Å²) in [6.45, 7) is 1.43. The summed E-state index contributed by atoms with van der Waals surface area (Å²) in [5, 5.41) is -0.330. The van der Waals surface area contributed by atoms with Crippen molar-refractivity contribution in [2.45, 2.75) is 18.0 Å². The molecule has 7 nitrogen and oxygen atoms in total. The average Bonchev–Trinajstić information content (AvgIpc) is 2.63. The monoisotopic (exact) mass is 432 g/mol. The Bertz CT molecular complexity index is 1230. The van der Waals surface area contributed by atoms with Gasteiger partial charge in [-0.3, -0.25) is 10.2 Å². The lowest BCUT2D eigenvalue weighted by Gasteiger charge is -2.14. The molecule has 28 heavy (non-hydrogen) atoms. The van der Waals surface area contributed by atoms with Gasteiger partial charge >= 0.3 is 6.18 Å². The fraction of sp³-hybridized carbons (Fsp3) is 0.188. The summed E-state index contributed by atoms with van der Waals surface area (Å²) in [6, 6.07) is 3.78. The van der Waals surface area contributed by atoms with E-state index in [1.165, 1.54) is 13.0 Å². The Morgan fingerprint density at radius 1 is 1.21 bits per heavy atom. The standard InChI is InChI=1S/C16H12ClF3N4O3S/c1-2-28(26,27)13-7-21-14(17)6-12(13)23-24-8-22-11-4-3-9(16(18,19)20)5-10(11)15(24)25/h3-8H,2H2,1H3,(H,21,23). The highest BCUT2D eigenvalue weighted by Gasteiger charge is 2.31. The van der Waals surface area contributed by atoms with Crippen LogP contribution in [0.1, 0.15) is 12.5 Å². The molecule has 0 atom stereocenters. The molecule has 0 saturated carbocycles. The van der Waals surface area contributed by atoms with Crippen molar-refractivity contribution in [1.82, 2.24) is 14.6 Å². The minimum atomic E-state index is -4.63. The molecule has 0 fully saturated rings. The molecule has 0 unspecified atom stereocenters. The van der Waals surface area contributed by atoms with Crippen molar-refractivity contribution >= 4 is 38.0 Å². The van der Waals surface area contributed by atoms with Crippen molar-refractivity contribution in [2.75, 3.05) is 11.2 Å². The van der Waals surface area contributed by atoms with E-state index in [0.717, 1.165) is 29.3 Å².